The number of hydrogen-bond acceptors (Lipinski definition) is 0. The summed E-state index contributed by atoms with van der Waals surface area (Å²) in [4.78, 5) is 0. The second-order valence-electron chi connectivity index (χ2n) is 24.9. The number of benzene rings is 10. The van der Waals surface area contributed by atoms with Crippen molar-refractivity contribution < 1.29 is 241 Å². The van der Waals surface area contributed by atoms with E-state index >= 15 is 105 Å². The quantitative estimate of drug-likeness (QED) is 0.0240. The summed E-state index contributed by atoms with van der Waals surface area (Å²) in [7, 11) is -4.66. The minimum absolute atomic E-state index is 0.0132. The van der Waals surface area contributed by atoms with Gasteiger partial charge in [-0.05, 0) is 28.0 Å². The first-order valence-corrected chi connectivity index (χ1v) is 34.4. The Kier molecular flexibility index (Phi) is 26.3. The van der Waals surface area contributed by atoms with E-state index in [1.54, 1.807) is 6.92 Å². The summed E-state index contributed by atoms with van der Waals surface area (Å²) in [6.07, 6.45) is -21.6. The van der Waals surface area contributed by atoms with Gasteiger partial charge in [-0.25, -0.2) is 158 Å². The van der Waals surface area contributed by atoms with Gasteiger partial charge in [0.25, 0.3) is 13.1 Å². The molecular weight excluding hydrogens is 1900 g/mol. The molecule has 672 valence electrons. The zero-order valence-electron chi connectivity index (χ0n) is 56.5. The minimum atomic E-state index is -10.2. The lowest BCUT2D eigenvalue weighted by atomic mass is 9.88. The molecule has 57 heteroatoms. The molecule has 0 aliphatic carbocycles. The fourth-order valence-corrected chi connectivity index (χ4v) is 20.2. The SMILES string of the molecule is CCCCCCC(F)(F)C(F)(F)C(F)(F)[PH2+]C(F)(F)C(F)(F)F.Fc1c(F)c(F)c(-c2c(C(F)(F)F)c(F)c(F)c(F)c2C(F)(F)C(F)(F)F)c(F)c1F.Fc1c(F)c(F)c2[c]([Al-]([c]3c(F)c(F)c(F)c4c(F)c(F)c(F)c(F)c34)([c]3c(F)c(F)c(F)c4c(F)c(F)c(F)c(F)c34)[c]3c(F)c(F)c(F)c4c(F)c(F)c(F)c(F)c34)c(F)c(F)c(F)c2c1F. The second-order valence-corrected chi connectivity index (χ2v) is 30.7. The Hall–Kier alpha value is -9.65. The predicted molar refractivity (Wildman–Crippen MR) is 310 cm³/mol. The molecule has 1 atom stereocenters. The molecule has 0 fully saturated rings. The van der Waals surface area contributed by atoms with Crippen molar-refractivity contribution >= 4 is 82.5 Å². The van der Waals surface area contributed by atoms with Crippen LogP contribution in [0, 0.1) is 209 Å². The molecule has 0 saturated heterocycles. The molecule has 1 unspecified atom stereocenters. The van der Waals surface area contributed by atoms with Crippen LogP contribution in [0.5, 0.6) is 0 Å². The molecule has 0 N–H and O–H groups in total. The molecule has 0 radical (unpaired) electrons. The summed E-state index contributed by atoms with van der Waals surface area (Å²) in [5, 5.41) is -26.7. The third-order valence-electron chi connectivity index (χ3n) is 17.9. The summed E-state index contributed by atoms with van der Waals surface area (Å²) in [5.74, 6) is -149. The van der Waals surface area contributed by atoms with Gasteiger partial charge in [0.05, 0.1) is 32.7 Å². The van der Waals surface area contributed by atoms with Crippen LogP contribution >= 0.6 is 8.58 Å². The third kappa shape index (κ3) is 14.9. The highest BCUT2D eigenvalue weighted by molar-refractivity contribution is 7.41. The van der Waals surface area contributed by atoms with Crippen LogP contribution in [0.4, 0.5) is 241 Å². The number of halogens is 55. The van der Waals surface area contributed by atoms with Crippen LogP contribution in [0.2, 0.25) is 0 Å². The Labute approximate surface area is 641 Å². The zero-order valence-corrected chi connectivity index (χ0v) is 58.8. The maximum Gasteiger partial charge on any atom is 0.493 e. The van der Waals surface area contributed by atoms with Gasteiger partial charge in [0.1, 0.15) is 28.8 Å². The van der Waals surface area contributed by atoms with Gasteiger partial charge in [-0.2, -0.15) is 101 Å². The summed E-state index contributed by atoms with van der Waals surface area (Å²) in [6, 6.07) is 0. The van der Waals surface area contributed by atoms with E-state index in [1.165, 1.54) is 0 Å². The largest absolute Gasteiger partial charge is 0.493 e. The van der Waals surface area contributed by atoms with Gasteiger partial charge in [-0.1, -0.05) is 26.2 Å². The summed E-state index contributed by atoms with van der Waals surface area (Å²) in [6.45, 7) is 1.66. The van der Waals surface area contributed by atoms with Crippen LogP contribution < -0.4 is 17.7 Å². The standard InChI is InChI=1S/C15F16.C11H14F11P.4C10F7.Al/c16-5-2(6(17)10(21)12(23)9(5)20)1-3(13(24,25)15(29,30)31)7(18)11(22)8(19)4(1)14(26,27)28;1-2-3-4-5-6-7(12,13)8(14,15)10(19,20)23-11(21,22)9(16,17)18;4*11-3-1-2-4(7(14)6(3)13)8(15)10(17)9(16)5(2)12;/h;23H,2-6H2,1H3;;;;;/q;;;;;;-1/p+1. The Morgan fingerprint density at radius 3 is 0.667 bits per heavy atom. The molecule has 10 rings (SSSR count). The van der Waals surface area contributed by atoms with E-state index in [9.17, 15) is 136 Å². The van der Waals surface area contributed by atoms with Crippen molar-refractivity contribution in [2.24, 2.45) is 0 Å². The van der Waals surface area contributed by atoms with Crippen molar-refractivity contribution in [3.8, 4) is 11.1 Å². The second kappa shape index (κ2) is 32.7. The van der Waals surface area contributed by atoms with Gasteiger partial charge in [-0.3, -0.25) is 0 Å². The Balaban J connectivity index is 0.000000285. The number of alkyl halides is 19. The van der Waals surface area contributed by atoms with Gasteiger partial charge in [0.15, 0.2) is 189 Å². The summed E-state index contributed by atoms with van der Waals surface area (Å²) >= 11 is -10.2. The minimum Gasteiger partial charge on any atom is -0.208 e. The molecule has 0 aromatic heterocycles. The lowest BCUT2D eigenvalue weighted by Crippen LogP contribution is -2.79. The first-order valence-electron chi connectivity index (χ1n) is 30.9. The van der Waals surface area contributed by atoms with Crippen LogP contribution in [0.3, 0.4) is 0 Å². The molecule has 0 spiro atoms. The average molecular weight is 1910 g/mol. The molecule has 0 saturated carbocycles. The number of hydrogen-bond donors (Lipinski definition) is 0. The molecule has 123 heavy (non-hydrogen) atoms. The number of unbranched alkanes of at least 4 members (excludes halogenated alkanes) is 3. The molecule has 10 aromatic rings. The normalized spacial score (nSPS) is 13.2. The van der Waals surface area contributed by atoms with Crippen molar-refractivity contribution in [2.75, 3.05) is 0 Å². The van der Waals surface area contributed by atoms with Crippen LogP contribution in [0.1, 0.15) is 50.2 Å². The highest BCUT2D eigenvalue weighted by Crippen LogP contribution is 2.64. The first-order chi connectivity index (χ1) is 55.8. The van der Waals surface area contributed by atoms with Crippen molar-refractivity contribution in [2.45, 2.75) is 86.7 Å². The predicted octanol–water partition coefficient (Wildman–Crippen LogP) is 25.1. The molecule has 0 aliphatic heterocycles. The lowest BCUT2D eigenvalue weighted by Gasteiger charge is -2.44. The van der Waals surface area contributed by atoms with Gasteiger partial charge in [0.2, 0.25) is 5.82 Å². The van der Waals surface area contributed by atoms with Crippen LogP contribution in [0.15, 0.2) is 0 Å². The van der Waals surface area contributed by atoms with E-state index in [4.69, 9.17) is 0 Å². The molecule has 10 aromatic carbocycles. The average Bonchev–Trinajstić information content (AvgIpc) is 0.658. The van der Waals surface area contributed by atoms with Gasteiger partial charge < -0.3 is 0 Å². The number of fused-ring (bicyclic) bond motifs is 4. The molecule has 0 nitrogen and oxygen atoms in total. The number of rotatable bonds is 15. The highest BCUT2D eigenvalue weighted by Gasteiger charge is 2.80. The van der Waals surface area contributed by atoms with Crippen molar-refractivity contribution in [1.82, 2.24) is 0 Å². The van der Waals surface area contributed by atoms with Crippen molar-refractivity contribution in [3.05, 3.63) is 221 Å². The van der Waals surface area contributed by atoms with Crippen molar-refractivity contribution in [1.29, 1.82) is 0 Å². The van der Waals surface area contributed by atoms with E-state index in [0.29, 0.717) is 12.8 Å². The van der Waals surface area contributed by atoms with Gasteiger partial charge >= 0.3 is 47.6 Å². The maximum atomic E-state index is 17.3. The monoisotopic (exact) mass is 1910 g/mol. The van der Waals surface area contributed by atoms with Gasteiger partial charge in [0, 0.05) is 12.0 Å². The molecule has 0 aliphatic rings. The Bertz CT molecular complexity index is 5540. The topological polar surface area (TPSA) is 0 Å². The van der Waals surface area contributed by atoms with E-state index < -0.39 is 375 Å². The zero-order chi connectivity index (χ0) is 94.8. The Morgan fingerprint density at radius 1 is 0.211 bits per heavy atom. The molecule has 0 amide bonds. The lowest BCUT2D eigenvalue weighted by molar-refractivity contribution is -0.290. The van der Waals surface area contributed by atoms with Gasteiger partial charge in [-0.15, -0.1) is 0 Å². The summed E-state index contributed by atoms with van der Waals surface area (Å²) < 4.78 is 785. The van der Waals surface area contributed by atoms with Crippen LogP contribution in [-0.2, 0) is 12.1 Å². The molecule has 0 heterocycles. The van der Waals surface area contributed by atoms with Crippen molar-refractivity contribution in [3.63, 3.8) is 0 Å². The van der Waals surface area contributed by atoms with E-state index in [-0.39, 0.29) is 6.42 Å². The molecular formula is C66H15AlF55P. The van der Waals surface area contributed by atoms with Crippen LogP contribution in [0.25, 0.3) is 54.2 Å². The maximum absolute atomic E-state index is 17.3. The fraction of sp³-hybridized carbons (Fsp3) is 0.212. The smallest absolute Gasteiger partial charge is 0.208 e. The first kappa shape index (κ1) is 98.8. The Morgan fingerprint density at radius 2 is 0.431 bits per heavy atom. The third-order valence-corrected chi connectivity index (χ3v) is 25.0. The highest BCUT2D eigenvalue weighted by atomic mass is 31.1. The van der Waals surface area contributed by atoms with E-state index in [0.717, 1.165) is 0 Å². The van der Waals surface area contributed by atoms with Crippen LogP contribution in [-0.4, -0.2) is 48.6 Å². The molecule has 0 bridgehead atoms. The van der Waals surface area contributed by atoms with E-state index in [1.807, 2.05) is 0 Å². The van der Waals surface area contributed by atoms with E-state index in [2.05, 4.69) is 0 Å². The summed E-state index contributed by atoms with van der Waals surface area (Å²) in [5.41, 5.74) is -26.5. The fourth-order valence-electron chi connectivity index (χ4n) is 12.6.